The Kier molecular flexibility index (Phi) is 5.77. The number of hydrogen-bond acceptors (Lipinski definition) is 2. The summed E-state index contributed by atoms with van der Waals surface area (Å²) in [4.78, 5) is 0. The van der Waals surface area contributed by atoms with Crippen LogP contribution in [0.15, 0.2) is 60.7 Å². The number of benzene rings is 2. The van der Waals surface area contributed by atoms with Crippen LogP contribution in [0.1, 0.15) is 48.9 Å². The third kappa shape index (κ3) is 4.38. The van der Waals surface area contributed by atoms with Crippen molar-refractivity contribution in [3.63, 3.8) is 0 Å². The maximum Gasteiger partial charge on any atom is 0.416 e. The molecule has 0 saturated carbocycles. The topological polar surface area (TPSA) is 27.1 Å². The molecule has 1 heterocycles. The Morgan fingerprint density at radius 2 is 1.61 bits per heavy atom. The molecule has 3 rings (SSSR count). The van der Waals surface area contributed by atoms with E-state index in [1.165, 1.54) is 24.8 Å². The Hall–Kier alpha value is -2.76. The molecule has 6 heteroatoms. The van der Waals surface area contributed by atoms with Crippen molar-refractivity contribution in [2.24, 2.45) is 0 Å². The van der Waals surface area contributed by atoms with Crippen LogP contribution in [-0.4, -0.2) is 16.9 Å². The molecular formula is C22H23F3N2O. The van der Waals surface area contributed by atoms with Crippen LogP contribution in [0.2, 0.25) is 0 Å². The van der Waals surface area contributed by atoms with Crippen molar-refractivity contribution in [3.8, 4) is 11.6 Å². The first-order chi connectivity index (χ1) is 13.3. The lowest BCUT2D eigenvalue weighted by Crippen LogP contribution is -2.06. The molecule has 0 aliphatic carbocycles. The molecule has 0 bridgehead atoms. The van der Waals surface area contributed by atoms with Gasteiger partial charge in [-0.25, -0.2) is 4.68 Å². The van der Waals surface area contributed by atoms with Gasteiger partial charge in [-0.05, 0) is 42.2 Å². The van der Waals surface area contributed by atoms with Gasteiger partial charge >= 0.3 is 6.18 Å². The van der Waals surface area contributed by atoms with Crippen molar-refractivity contribution in [1.29, 1.82) is 0 Å². The highest BCUT2D eigenvalue weighted by molar-refractivity contribution is 5.39. The summed E-state index contributed by atoms with van der Waals surface area (Å²) in [6, 6.07) is 17.0. The first-order valence-electron chi connectivity index (χ1n) is 9.16. The Labute approximate surface area is 162 Å². The van der Waals surface area contributed by atoms with Crippen molar-refractivity contribution in [3.05, 3.63) is 77.5 Å². The van der Waals surface area contributed by atoms with Gasteiger partial charge < -0.3 is 4.74 Å². The van der Waals surface area contributed by atoms with Crippen LogP contribution in [0.5, 0.6) is 5.88 Å². The van der Waals surface area contributed by atoms with Gasteiger partial charge in [-0.3, -0.25) is 0 Å². The highest BCUT2D eigenvalue weighted by Crippen LogP contribution is 2.33. The van der Waals surface area contributed by atoms with Crippen molar-refractivity contribution in [1.82, 2.24) is 9.78 Å². The van der Waals surface area contributed by atoms with Gasteiger partial charge in [0.25, 0.3) is 0 Å². The summed E-state index contributed by atoms with van der Waals surface area (Å²) in [5, 5.41) is 4.60. The molecule has 0 amide bonds. The van der Waals surface area contributed by atoms with E-state index in [0.717, 1.165) is 24.2 Å². The third-order valence-corrected chi connectivity index (χ3v) is 4.92. The minimum absolute atomic E-state index is 0.166. The molecule has 3 aromatic rings. The summed E-state index contributed by atoms with van der Waals surface area (Å²) in [6.45, 7) is 4.27. The van der Waals surface area contributed by atoms with Crippen LogP contribution >= 0.6 is 0 Å². The summed E-state index contributed by atoms with van der Waals surface area (Å²) in [6.07, 6.45) is -3.46. The highest BCUT2D eigenvalue weighted by Gasteiger charge is 2.30. The van der Waals surface area contributed by atoms with E-state index in [4.69, 9.17) is 4.74 Å². The quantitative estimate of drug-likeness (QED) is 0.503. The van der Waals surface area contributed by atoms with E-state index in [1.807, 2.05) is 24.3 Å². The van der Waals surface area contributed by atoms with Crippen LogP contribution in [-0.2, 0) is 6.18 Å². The second-order valence-corrected chi connectivity index (χ2v) is 7.02. The van der Waals surface area contributed by atoms with E-state index in [9.17, 15) is 13.2 Å². The van der Waals surface area contributed by atoms with Gasteiger partial charge in [0, 0.05) is 12.0 Å². The fourth-order valence-corrected chi connectivity index (χ4v) is 3.31. The van der Waals surface area contributed by atoms with Crippen LogP contribution in [0.25, 0.3) is 5.69 Å². The lowest BCUT2D eigenvalue weighted by Gasteiger charge is -2.16. The summed E-state index contributed by atoms with van der Waals surface area (Å²) in [7, 11) is 1.53. The number of methoxy groups -OCH3 is 1. The first kappa shape index (κ1) is 20.0. The number of ether oxygens (including phenoxy) is 1. The molecule has 0 saturated heterocycles. The molecule has 148 valence electrons. The van der Waals surface area contributed by atoms with Gasteiger partial charge in [0.2, 0.25) is 5.88 Å². The Balaban J connectivity index is 1.82. The highest BCUT2D eigenvalue weighted by atomic mass is 19.4. The van der Waals surface area contributed by atoms with Gasteiger partial charge in [0.15, 0.2) is 0 Å². The minimum atomic E-state index is -4.36. The lowest BCUT2D eigenvalue weighted by atomic mass is 9.90. The smallest absolute Gasteiger partial charge is 0.416 e. The predicted molar refractivity (Wildman–Crippen MR) is 103 cm³/mol. The fourth-order valence-electron chi connectivity index (χ4n) is 3.31. The minimum Gasteiger partial charge on any atom is -0.481 e. The molecule has 1 aromatic heterocycles. The van der Waals surface area contributed by atoms with Gasteiger partial charge in [-0.2, -0.15) is 18.3 Å². The van der Waals surface area contributed by atoms with Crippen LogP contribution in [0.3, 0.4) is 0 Å². The maximum absolute atomic E-state index is 12.8. The van der Waals surface area contributed by atoms with Crippen LogP contribution in [0, 0.1) is 0 Å². The number of nitrogens with zero attached hydrogens (tertiary/aromatic N) is 2. The number of alkyl halides is 3. The number of rotatable bonds is 6. The maximum atomic E-state index is 12.8. The molecule has 3 nitrogen and oxygen atoms in total. The molecule has 0 N–H and O–H groups in total. The lowest BCUT2D eigenvalue weighted by molar-refractivity contribution is -0.137. The zero-order valence-electron chi connectivity index (χ0n) is 16.1. The standard InChI is InChI=1S/C22H23F3N2O/c1-15(17-7-5-4-6-8-17)13-16(2)20-14-21(28-3)27(26-20)19-11-9-18(10-12-19)22(23,24)25/h4-12,14-16H,13H2,1-3H3/t15-,16?/m0/s1. The number of hydrogen-bond donors (Lipinski definition) is 0. The molecule has 0 aliphatic heterocycles. The predicted octanol–water partition coefficient (Wildman–Crippen LogP) is 6.20. The van der Waals surface area contributed by atoms with E-state index in [1.54, 1.807) is 4.68 Å². The monoisotopic (exact) mass is 388 g/mol. The Morgan fingerprint density at radius 3 is 2.18 bits per heavy atom. The second-order valence-electron chi connectivity index (χ2n) is 7.02. The van der Waals surface area contributed by atoms with Crippen molar-refractivity contribution in [2.75, 3.05) is 7.11 Å². The first-order valence-corrected chi connectivity index (χ1v) is 9.16. The number of halogens is 3. The van der Waals surface area contributed by atoms with Gasteiger partial charge in [0.05, 0.1) is 24.1 Å². The molecule has 2 atom stereocenters. The van der Waals surface area contributed by atoms with Crippen LogP contribution < -0.4 is 4.74 Å². The summed E-state index contributed by atoms with van der Waals surface area (Å²) >= 11 is 0. The largest absolute Gasteiger partial charge is 0.481 e. The second kappa shape index (κ2) is 8.09. The SMILES string of the molecule is COc1cc(C(C)C[C@H](C)c2ccccc2)nn1-c1ccc(C(F)(F)F)cc1. The molecule has 0 spiro atoms. The van der Waals surface area contributed by atoms with Crippen LogP contribution in [0.4, 0.5) is 13.2 Å². The third-order valence-electron chi connectivity index (χ3n) is 4.92. The van der Waals surface area contributed by atoms with E-state index >= 15 is 0 Å². The zero-order chi connectivity index (χ0) is 20.3. The molecule has 1 unspecified atom stereocenters. The van der Waals surface area contributed by atoms with E-state index in [-0.39, 0.29) is 5.92 Å². The average Bonchev–Trinajstić information content (AvgIpc) is 3.12. The molecule has 0 aliphatic rings. The van der Waals surface area contributed by atoms with Gasteiger partial charge in [-0.15, -0.1) is 0 Å². The summed E-state index contributed by atoms with van der Waals surface area (Å²) in [5.41, 5.74) is 1.95. The van der Waals surface area contributed by atoms with Crippen molar-refractivity contribution < 1.29 is 17.9 Å². The summed E-state index contributed by atoms with van der Waals surface area (Å²) in [5.74, 6) is 1.02. The molecule has 28 heavy (non-hydrogen) atoms. The Morgan fingerprint density at radius 1 is 0.964 bits per heavy atom. The number of aromatic nitrogens is 2. The normalized spacial score (nSPS) is 13.9. The van der Waals surface area contributed by atoms with Crippen molar-refractivity contribution >= 4 is 0 Å². The van der Waals surface area contributed by atoms with E-state index in [2.05, 4.69) is 31.1 Å². The summed E-state index contributed by atoms with van der Waals surface area (Å²) < 4.78 is 45.3. The fraction of sp³-hybridized carbons (Fsp3) is 0.318. The molecule has 2 aromatic carbocycles. The van der Waals surface area contributed by atoms with E-state index < -0.39 is 11.7 Å². The average molecular weight is 388 g/mol. The molecule has 0 radical (unpaired) electrons. The zero-order valence-corrected chi connectivity index (χ0v) is 16.1. The van der Waals surface area contributed by atoms with Gasteiger partial charge in [0.1, 0.15) is 0 Å². The van der Waals surface area contributed by atoms with Crippen molar-refractivity contribution in [2.45, 2.75) is 38.3 Å². The Bertz CT molecular complexity index is 902. The molecular weight excluding hydrogens is 365 g/mol. The van der Waals surface area contributed by atoms with Gasteiger partial charge in [-0.1, -0.05) is 44.2 Å². The molecule has 0 fully saturated rings. The van der Waals surface area contributed by atoms with E-state index in [0.29, 0.717) is 17.5 Å².